The van der Waals surface area contributed by atoms with Gasteiger partial charge in [0, 0.05) is 11.9 Å². The van der Waals surface area contributed by atoms with Gasteiger partial charge in [0.1, 0.15) is 4.32 Å². The van der Waals surface area contributed by atoms with Gasteiger partial charge in [0.15, 0.2) is 0 Å². The van der Waals surface area contributed by atoms with Crippen molar-refractivity contribution < 1.29 is 9.53 Å². The zero-order valence-corrected chi connectivity index (χ0v) is 9.96. The molecule has 0 radical (unpaired) electrons. The van der Waals surface area contributed by atoms with E-state index < -0.39 is 4.32 Å². The van der Waals surface area contributed by atoms with Crippen molar-refractivity contribution in [2.24, 2.45) is 0 Å². The molecule has 1 unspecified atom stereocenters. The molecule has 1 heterocycles. The van der Waals surface area contributed by atoms with Crippen LogP contribution in [0.5, 0.6) is 0 Å². The van der Waals surface area contributed by atoms with Crippen molar-refractivity contribution in [1.29, 1.82) is 0 Å². The first-order valence-corrected chi connectivity index (χ1v) is 4.98. The molecular formula is C10H12BrNO2. The number of esters is 1. The molecule has 0 fully saturated rings. The summed E-state index contributed by atoms with van der Waals surface area (Å²) < 4.78 is 3.87. The predicted molar refractivity (Wildman–Crippen MR) is 57.3 cm³/mol. The number of aromatic nitrogens is 1. The second-order valence-electron chi connectivity index (χ2n) is 3.18. The fourth-order valence-electron chi connectivity index (χ4n) is 1.06. The molecule has 76 valence electrons. The van der Waals surface area contributed by atoms with Gasteiger partial charge < -0.3 is 4.74 Å². The number of hydrogen-bond acceptors (Lipinski definition) is 3. The molecule has 1 aromatic rings. The van der Waals surface area contributed by atoms with E-state index in [0.29, 0.717) is 0 Å². The van der Waals surface area contributed by atoms with E-state index in [1.165, 1.54) is 7.11 Å². The first kappa shape index (κ1) is 11.2. The highest BCUT2D eigenvalue weighted by atomic mass is 79.9. The quantitative estimate of drug-likeness (QED) is 0.602. The summed E-state index contributed by atoms with van der Waals surface area (Å²) >= 11 is 3.33. The van der Waals surface area contributed by atoms with Crippen LogP contribution in [0.1, 0.15) is 18.2 Å². The number of aryl methyl sites for hydroxylation is 1. The third-order valence-electron chi connectivity index (χ3n) is 2.02. The Morgan fingerprint density at radius 3 is 2.64 bits per heavy atom. The summed E-state index contributed by atoms with van der Waals surface area (Å²) in [6.07, 6.45) is 1.67. The molecule has 14 heavy (non-hydrogen) atoms. The summed E-state index contributed by atoms with van der Waals surface area (Å²) in [5.74, 6) is -0.330. The number of ether oxygens (including phenoxy) is 1. The molecule has 0 N–H and O–H groups in total. The smallest absolute Gasteiger partial charge is 0.326 e. The molecule has 0 aliphatic rings. The third-order valence-corrected chi connectivity index (χ3v) is 2.80. The molecule has 0 aromatic carbocycles. The molecule has 3 nitrogen and oxygen atoms in total. The second kappa shape index (κ2) is 4.09. The van der Waals surface area contributed by atoms with E-state index in [2.05, 4.69) is 25.7 Å². The van der Waals surface area contributed by atoms with Gasteiger partial charge in [0.25, 0.3) is 0 Å². The van der Waals surface area contributed by atoms with Gasteiger partial charge in [-0.25, -0.2) is 0 Å². The van der Waals surface area contributed by atoms with Gasteiger partial charge >= 0.3 is 5.97 Å². The van der Waals surface area contributed by atoms with Crippen LogP contribution in [0.15, 0.2) is 18.3 Å². The van der Waals surface area contributed by atoms with E-state index in [1.807, 2.05) is 19.1 Å². The Balaban J connectivity index is 3.03. The van der Waals surface area contributed by atoms with E-state index in [-0.39, 0.29) is 5.97 Å². The van der Waals surface area contributed by atoms with Crippen molar-refractivity contribution in [2.75, 3.05) is 7.11 Å². The molecule has 4 heteroatoms. The molecule has 0 amide bonds. The van der Waals surface area contributed by atoms with Gasteiger partial charge in [-0.3, -0.25) is 9.78 Å². The van der Waals surface area contributed by atoms with Crippen LogP contribution >= 0.6 is 15.9 Å². The van der Waals surface area contributed by atoms with Crippen molar-refractivity contribution in [2.45, 2.75) is 18.2 Å². The van der Waals surface area contributed by atoms with E-state index in [0.717, 1.165) is 11.3 Å². The van der Waals surface area contributed by atoms with E-state index in [1.54, 1.807) is 13.1 Å². The Labute approximate surface area is 91.6 Å². The number of halogens is 1. The van der Waals surface area contributed by atoms with E-state index >= 15 is 0 Å². The van der Waals surface area contributed by atoms with Gasteiger partial charge in [-0.1, -0.05) is 22.0 Å². The van der Waals surface area contributed by atoms with E-state index in [4.69, 9.17) is 0 Å². The highest BCUT2D eigenvalue weighted by Crippen LogP contribution is 2.31. The van der Waals surface area contributed by atoms with Gasteiger partial charge in [-0.2, -0.15) is 0 Å². The third kappa shape index (κ3) is 2.12. The minimum absolute atomic E-state index is 0.330. The molecule has 1 rings (SSSR count). The topological polar surface area (TPSA) is 39.2 Å². The molecule has 0 aliphatic heterocycles. The Morgan fingerprint density at radius 2 is 2.21 bits per heavy atom. The lowest BCUT2D eigenvalue weighted by molar-refractivity contribution is -0.143. The monoisotopic (exact) mass is 257 g/mol. The van der Waals surface area contributed by atoms with Crippen molar-refractivity contribution in [1.82, 2.24) is 4.98 Å². The van der Waals surface area contributed by atoms with Crippen LogP contribution in [-0.2, 0) is 13.9 Å². The maximum absolute atomic E-state index is 11.4. The number of carbonyl (C=O) groups excluding carboxylic acids is 1. The first-order valence-electron chi connectivity index (χ1n) is 4.19. The molecular weight excluding hydrogens is 246 g/mol. The van der Waals surface area contributed by atoms with Gasteiger partial charge in [-0.05, 0) is 25.5 Å². The zero-order valence-electron chi connectivity index (χ0n) is 8.37. The summed E-state index contributed by atoms with van der Waals surface area (Å²) in [6, 6.07) is 3.71. The van der Waals surface area contributed by atoms with Crippen molar-refractivity contribution in [3.8, 4) is 0 Å². The van der Waals surface area contributed by atoms with Crippen LogP contribution in [0.25, 0.3) is 0 Å². The maximum Gasteiger partial charge on any atom is 0.326 e. The molecule has 0 spiro atoms. The normalized spacial score (nSPS) is 14.6. The lowest BCUT2D eigenvalue weighted by Crippen LogP contribution is -2.27. The Morgan fingerprint density at radius 1 is 1.57 bits per heavy atom. The van der Waals surface area contributed by atoms with Crippen molar-refractivity contribution in [3.05, 3.63) is 29.6 Å². The average molecular weight is 258 g/mol. The minimum atomic E-state index is -0.817. The van der Waals surface area contributed by atoms with Crippen LogP contribution in [0.3, 0.4) is 0 Å². The Kier molecular flexibility index (Phi) is 3.26. The fourth-order valence-corrected chi connectivity index (χ4v) is 1.45. The zero-order chi connectivity index (χ0) is 10.8. The van der Waals surface area contributed by atoms with Crippen molar-refractivity contribution >= 4 is 21.9 Å². The lowest BCUT2D eigenvalue weighted by atomic mass is 10.0. The standard InChI is InChI=1S/C10H12BrNO2/c1-7-4-5-8(6-12-7)10(2,11)9(13)14-3/h4-6H,1-3H3. The van der Waals surface area contributed by atoms with Crippen LogP contribution in [0, 0.1) is 6.92 Å². The fraction of sp³-hybridized carbons (Fsp3) is 0.400. The van der Waals surface area contributed by atoms with E-state index in [9.17, 15) is 4.79 Å². The highest BCUT2D eigenvalue weighted by molar-refractivity contribution is 9.10. The molecule has 0 saturated heterocycles. The van der Waals surface area contributed by atoms with Crippen LogP contribution in [0.2, 0.25) is 0 Å². The summed E-state index contributed by atoms with van der Waals surface area (Å²) in [4.78, 5) is 15.5. The van der Waals surface area contributed by atoms with Gasteiger partial charge in [0.05, 0.1) is 7.11 Å². The van der Waals surface area contributed by atoms with Crippen LogP contribution in [0.4, 0.5) is 0 Å². The Bertz CT molecular complexity index is 332. The number of hydrogen-bond donors (Lipinski definition) is 0. The average Bonchev–Trinajstić information content (AvgIpc) is 2.17. The molecule has 0 aliphatic carbocycles. The summed E-state index contributed by atoms with van der Waals surface area (Å²) in [5.41, 5.74) is 1.71. The number of alkyl halides is 1. The van der Waals surface area contributed by atoms with Crippen LogP contribution < -0.4 is 0 Å². The van der Waals surface area contributed by atoms with Crippen LogP contribution in [-0.4, -0.2) is 18.1 Å². The number of pyridine rings is 1. The molecule has 0 bridgehead atoms. The number of rotatable bonds is 2. The number of carbonyl (C=O) groups is 1. The van der Waals surface area contributed by atoms with Gasteiger partial charge in [-0.15, -0.1) is 0 Å². The van der Waals surface area contributed by atoms with Gasteiger partial charge in [0.2, 0.25) is 0 Å². The highest BCUT2D eigenvalue weighted by Gasteiger charge is 2.33. The summed E-state index contributed by atoms with van der Waals surface area (Å²) in [7, 11) is 1.36. The second-order valence-corrected chi connectivity index (χ2v) is 4.77. The first-order chi connectivity index (χ1) is 6.48. The molecule has 0 saturated carbocycles. The predicted octanol–water partition coefficient (Wildman–Crippen LogP) is 2.17. The summed E-state index contributed by atoms with van der Waals surface area (Å²) in [5, 5.41) is 0. The maximum atomic E-state index is 11.4. The Hall–Kier alpha value is -0.900. The summed E-state index contributed by atoms with van der Waals surface area (Å²) in [6.45, 7) is 3.64. The minimum Gasteiger partial charge on any atom is -0.468 e. The molecule has 1 atom stereocenters. The molecule has 1 aromatic heterocycles. The lowest BCUT2D eigenvalue weighted by Gasteiger charge is -2.19. The SMILES string of the molecule is COC(=O)C(C)(Br)c1ccc(C)nc1. The largest absolute Gasteiger partial charge is 0.468 e. The number of nitrogens with zero attached hydrogens (tertiary/aromatic N) is 1. The number of methoxy groups -OCH3 is 1. The van der Waals surface area contributed by atoms with Crippen molar-refractivity contribution in [3.63, 3.8) is 0 Å².